The van der Waals surface area contributed by atoms with Crippen molar-refractivity contribution in [3.63, 3.8) is 0 Å². The van der Waals surface area contributed by atoms with E-state index in [-0.39, 0.29) is 18.4 Å². The Bertz CT molecular complexity index is 443. The van der Waals surface area contributed by atoms with Crippen molar-refractivity contribution in [2.75, 3.05) is 0 Å². The van der Waals surface area contributed by atoms with Gasteiger partial charge in [-0.1, -0.05) is 6.42 Å². The lowest BCUT2D eigenvalue weighted by Crippen LogP contribution is -2.47. The lowest BCUT2D eigenvalue weighted by molar-refractivity contribution is -0.149. The number of aromatic nitrogens is 2. The molecule has 0 saturated heterocycles. The molecule has 1 aliphatic carbocycles. The van der Waals surface area contributed by atoms with Gasteiger partial charge in [-0.15, -0.1) is 0 Å². The minimum absolute atomic E-state index is 0.168. The number of carbonyl (C=O) groups is 2. The number of hydrogen-bond donors (Lipinski definition) is 3. The third-order valence-electron chi connectivity index (χ3n) is 3.69. The van der Waals surface area contributed by atoms with E-state index >= 15 is 0 Å². The Morgan fingerprint density at radius 1 is 1.67 bits per heavy atom. The van der Waals surface area contributed by atoms with Crippen LogP contribution >= 0.6 is 0 Å². The van der Waals surface area contributed by atoms with E-state index in [9.17, 15) is 14.7 Å². The molecule has 1 aliphatic rings. The van der Waals surface area contributed by atoms with Gasteiger partial charge in [0.15, 0.2) is 0 Å². The van der Waals surface area contributed by atoms with Gasteiger partial charge in [0.1, 0.15) is 0 Å². The van der Waals surface area contributed by atoms with Crippen LogP contribution in [0.4, 0.5) is 0 Å². The monoisotopic (exact) mass is 251 g/mol. The molecule has 0 spiro atoms. The first-order valence-electron chi connectivity index (χ1n) is 6.03. The second-order valence-corrected chi connectivity index (χ2v) is 4.99. The first-order chi connectivity index (χ1) is 8.52. The fourth-order valence-corrected chi connectivity index (χ4v) is 2.46. The lowest BCUT2D eigenvalue weighted by Gasteiger charge is -2.27. The van der Waals surface area contributed by atoms with E-state index in [2.05, 4.69) is 15.5 Å². The molecular weight excluding hydrogens is 234 g/mol. The van der Waals surface area contributed by atoms with Crippen LogP contribution in [-0.4, -0.2) is 33.2 Å². The molecule has 1 aromatic rings. The number of nitrogens with one attached hydrogen (secondary N) is 2. The molecule has 2 unspecified atom stereocenters. The van der Waals surface area contributed by atoms with Gasteiger partial charge < -0.3 is 10.4 Å². The highest BCUT2D eigenvalue weighted by molar-refractivity contribution is 5.81. The standard InChI is InChI=1S/C12H17N3O3/c1-12(11(17)18)5-2-3-9(12)14-10(16)7-8-4-6-13-15-8/h4,6,9H,2-3,5,7H2,1H3,(H,13,15)(H,14,16)(H,17,18). The number of aliphatic carboxylic acids is 1. The maximum Gasteiger partial charge on any atom is 0.311 e. The van der Waals surface area contributed by atoms with E-state index in [4.69, 9.17) is 0 Å². The maximum absolute atomic E-state index is 11.8. The average molecular weight is 251 g/mol. The number of nitrogens with zero attached hydrogens (tertiary/aromatic N) is 1. The topological polar surface area (TPSA) is 95.1 Å². The Kier molecular flexibility index (Phi) is 3.36. The highest BCUT2D eigenvalue weighted by Crippen LogP contribution is 2.38. The van der Waals surface area contributed by atoms with Crippen molar-refractivity contribution in [1.82, 2.24) is 15.5 Å². The van der Waals surface area contributed by atoms with Crippen LogP contribution < -0.4 is 5.32 Å². The number of carbonyl (C=O) groups excluding carboxylic acids is 1. The molecule has 1 saturated carbocycles. The second-order valence-electron chi connectivity index (χ2n) is 4.99. The van der Waals surface area contributed by atoms with Crippen LogP contribution in [0.15, 0.2) is 12.3 Å². The summed E-state index contributed by atoms with van der Waals surface area (Å²) in [6, 6.07) is 1.44. The molecule has 6 nitrogen and oxygen atoms in total. The van der Waals surface area contributed by atoms with E-state index < -0.39 is 11.4 Å². The van der Waals surface area contributed by atoms with Gasteiger partial charge in [0.2, 0.25) is 5.91 Å². The number of aromatic amines is 1. The zero-order valence-electron chi connectivity index (χ0n) is 10.3. The average Bonchev–Trinajstić information content (AvgIpc) is 2.90. The largest absolute Gasteiger partial charge is 0.481 e. The van der Waals surface area contributed by atoms with Gasteiger partial charge in [-0.2, -0.15) is 5.10 Å². The summed E-state index contributed by atoms with van der Waals surface area (Å²) >= 11 is 0. The third kappa shape index (κ3) is 2.37. The summed E-state index contributed by atoms with van der Waals surface area (Å²) in [5.74, 6) is -1.01. The number of H-pyrrole nitrogens is 1. The molecule has 18 heavy (non-hydrogen) atoms. The van der Waals surface area contributed by atoms with Crippen molar-refractivity contribution in [3.05, 3.63) is 18.0 Å². The van der Waals surface area contributed by atoms with Gasteiger partial charge in [-0.3, -0.25) is 14.7 Å². The molecule has 98 valence electrons. The molecule has 0 radical (unpaired) electrons. The van der Waals surface area contributed by atoms with Crippen molar-refractivity contribution in [1.29, 1.82) is 0 Å². The smallest absolute Gasteiger partial charge is 0.311 e. The van der Waals surface area contributed by atoms with E-state index in [1.807, 2.05) is 0 Å². The molecule has 0 aliphatic heterocycles. The van der Waals surface area contributed by atoms with Crippen LogP contribution in [0, 0.1) is 5.41 Å². The predicted molar refractivity (Wildman–Crippen MR) is 63.8 cm³/mol. The molecule has 1 heterocycles. The van der Waals surface area contributed by atoms with Crippen molar-refractivity contribution < 1.29 is 14.7 Å². The van der Waals surface area contributed by atoms with Crippen molar-refractivity contribution in [2.45, 2.75) is 38.6 Å². The van der Waals surface area contributed by atoms with Crippen LogP contribution in [0.3, 0.4) is 0 Å². The Labute approximate surface area is 105 Å². The number of amides is 1. The summed E-state index contributed by atoms with van der Waals surface area (Å²) in [5, 5.41) is 18.5. The molecule has 2 atom stereocenters. The summed E-state index contributed by atoms with van der Waals surface area (Å²) in [5.41, 5.74) is -0.119. The van der Waals surface area contributed by atoms with E-state index in [0.29, 0.717) is 6.42 Å². The first-order valence-corrected chi connectivity index (χ1v) is 6.03. The number of carboxylic acid groups (broad SMARTS) is 1. The minimum atomic E-state index is -0.844. The SMILES string of the molecule is CC1(C(=O)O)CCCC1NC(=O)Cc1ccn[nH]1. The lowest BCUT2D eigenvalue weighted by atomic mass is 9.85. The van der Waals surface area contributed by atoms with Crippen LogP contribution in [0.1, 0.15) is 31.9 Å². The quantitative estimate of drug-likeness (QED) is 0.734. The number of rotatable bonds is 4. The van der Waals surface area contributed by atoms with Crippen LogP contribution in [0.25, 0.3) is 0 Å². The zero-order valence-corrected chi connectivity index (χ0v) is 10.3. The summed E-state index contributed by atoms with van der Waals surface area (Å²) in [6.07, 6.45) is 3.94. The summed E-state index contributed by atoms with van der Waals surface area (Å²) < 4.78 is 0. The Morgan fingerprint density at radius 2 is 2.44 bits per heavy atom. The Hall–Kier alpha value is -1.85. The van der Waals surface area contributed by atoms with Crippen molar-refractivity contribution in [3.8, 4) is 0 Å². The molecule has 0 aromatic carbocycles. The second kappa shape index (κ2) is 4.80. The van der Waals surface area contributed by atoms with Gasteiger partial charge in [0.25, 0.3) is 0 Å². The molecule has 0 bridgehead atoms. The molecular formula is C12H17N3O3. The Morgan fingerprint density at radius 3 is 3.06 bits per heavy atom. The van der Waals surface area contributed by atoms with E-state index in [0.717, 1.165) is 18.5 Å². The molecule has 1 aromatic heterocycles. The summed E-state index contributed by atoms with van der Waals surface area (Å²) in [4.78, 5) is 23.1. The molecule has 1 fully saturated rings. The predicted octanol–water partition coefficient (Wildman–Crippen LogP) is 0.712. The maximum atomic E-state index is 11.8. The van der Waals surface area contributed by atoms with Crippen LogP contribution in [0.2, 0.25) is 0 Å². The van der Waals surface area contributed by atoms with Crippen molar-refractivity contribution >= 4 is 11.9 Å². The Balaban J connectivity index is 1.96. The van der Waals surface area contributed by atoms with Crippen LogP contribution in [0.5, 0.6) is 0 Å². The molecule has 2 rings (SSSR count). The van der Waals surface area contributed by atoms with E-state index in [1.54, 1.807) is 19.2 Å². The van der Waals surface area contributed by atoms with E-state index in [1.165, 1.54) is 0 Å². The van der Waals surface area contributed by atoms with Gasteiger partial charge in [-0.25, -0.2) is 0 Å². The van der Waals surface area contributed by atoms with Gasteiger partial charge >= 0.3 is 5.97 Å². The fourth-order valence-electron chi connectivity index (χ4n) is 2.46. The highest BCUT2D eigenvalue weighted by atomic mass is 16.4. The number of hydrogen-bond acceptors (Lipinski definition) is 3. The van der Waals surface area contributed by atoms with Gasteiger partial charge in [-0.05, 0) is 25.8 Å². The molecule has 3 N–H and O–H groups in total. The normalized spacial score (nSPS) is 27.1. The zero-order chi connectivity index (χ0) is 13.2. The van der Waals surface area contributed by atoms with Gasteiger partial charge in [0, 0.05) is 17.9 Å². The highest BCUT2D eigenvalue weighted by Gasteiger charge is 2.45. The first kappa shape index (κ1) is 12.6. The van der Waals surface area contributed by atoms with Gasteiger partial charge in [0.05, 0.1) is 11.8 Å². The van der Waals surface area contributed by atoms with Crippen molar-refractivity contribution in [2.24, 2.45) is 5.41 Å². The summed E-state index contributed by atoms with van der Waals surface area (Å²) in [6.45, 7) is 1.70. The third-order valence-corrected chi connectivity index (χ3v) is 3.69. The summed E-state index contributed by atoms with van der Waals surface area (Å²) in [7, 11) is 0. The minimum Gasteiger partial charge on any atom is -0.481 e. The fraction of sp³-hybridized carbons (Fsp3) is 0.583. The van der Waals surface area contributed by atoms with Crippen LogP contribution in [-0.2, 0) is 16.0 Å². The molecule has 6 heteroatoms. The number of carboxylic acids is 1. The molecule has 1 amide bonds.